The summed E-state index contributed by atoms with van der Waals surface area (Å²) >= 11 is 0. The number of hydrogen-bond donors (Lipinski definition) is 0. The van der Waals surface area contributed by atoms with Crippen LogP contribution in [0.15, 0.2) is 91.0 Å². The molecule has 174 valence electrons. The normalized spacial score (nSPS) is 21.4. The van der Waals surface area contributed by atoms with Crippen LogP contribution < -0.4 is 0 Å². The van der Waals surface area contributed by atoms with E-state index in [2.05, 4.69) is 0 Å². The maximum Gasteiger partial charge on any atom is 0.340 e. The summed E-state index contributed by atoms with van der Waals surface area (Å²) in [7, 11) is 0. The van der Waals surface area contributed by atoms with E-state index in [-0.39, 0.29) is 11.1 Å². The van der Waals surface area contributed by atoms with Crippen molar-refractivity contribution >= 4 is 17.9 Å². The third-order valence-electron chi connectivity index (χ3n) is 5.12. The van der Waals surface area contributed by atoms with E-state index in [9.17, 15) is 14.4 Å². The van der Waals surface area contributed by atoms with Crippen molar-refractivity contribution in [1.82, 2.24) is 0 Å². The number of alkyl halides is 1. The molecule has 4 rings (SSSR count). The fourth-order valence-corrected chi connectivity index (χ4v) is 3.38. The fraction of sp³-hybridized carbons (Fsp3) is 0.192. The van der Waals surface area contributed by atoms with E-state index in [1.807, 2.05) is 0 Å². The van der Waals surface area contributed by atoms with Gasteiger partial charge in [0.2, 0.25) is 12.5 Å². The zero-order valence-electron chi connectivity index (χ0n) is 17.9. The van der Waals surface area contributed by atoms with Crippen molar-refractivity contribution in [3.05, 3.63) is 108 Å². The minimum Gasteiger partial charge on any atom is -0.459 e. The highest BCUT2D eigenvalue weighted by molar-refractivity contribution is 5.90. The summed E-state index contributed by atoms with van der Waals surface area (Å²) in [6, 6.07) is 24.2. The Labute approximate surface area is 195 Å². The third kappa shape index (κ3) is 5.47. The Balaban J connectivity index is 1.47. The van der Waals surface area contributed by atoms with Crippen LogP contribution in [-0.4, -0.2) is 49.2 Å². The predicted octanol–water partition coefficient (Wildman–Crippen LogP) is 3.99. The lowest BCUT2D eigenvalue weighted by molar-refractivity contribution is -0.129. The summed E-state index contributed by atoms with van der Waals surface area (Å²) in [5.74, 6) is -2.24. The molecule has 0 N–H and O–H groups in total. The number of benzene rings is 3. The molecule has 0 radical (unpaired) electrons. The van der Waals surface area contributed by atoms with Gasteiger partial charge in [-0.05, 0) is 36.4 Å². The smallest absolute Gasteiger partial charge is 0.340 e. The Morgan fingerprint density at radius 1 is 0.676 bits per heavy atom. The topological polar surface area (TPSA) is 88.1 Å². The van der Waals surface area contributed by atoms with Crippen LogP contribution in [0.25, 0.3) is 0 Å². The zero-order chi connectivity index (χ0) is 23.9. The second-order valence-electron chi connectivity index (χ2n) is 7.46. The number of ether oxygens (including phenoxy) is 4. The monoisotopic (exact) mass is 464 g/mol. The van der Waals surface area contributed by atoms with Crippen molar-refractivity contribution in [2.75, 3.05) is 6.61 Å². The van der Waals surface area contributed by atoms with Gasteiger partial charge in [-0.15, -0.1) is 0 Å². The molecule has 0 amide bonds. The first-order valence-electron chi connectivity index (χ1n) is 10.6. The molecule has 0 saturated carbocycles. The van der Waals surface area contributed by atoms with Crippen LogP contribution in [0, 0.1) is 0 Å². The van der Waals surface area contributed by atoms with Crippen LogP contribution in [0.3, 0.4) is 0 Å². The molecule has 8 heteroatoms. The Morgan fingerprint density at radius 3 is 1.62 bits per heavy atom. The van der Waals surface area contributed by atoms with Crippen molar-refractivity contribution in [2.24, 2.45) is 0 Å². The van der Waals surface area contributed by atoms with Crippen LogP contribution in [0.5, 0.6) is 0 Å². The van der Waals surface area contributed by atoms with Crippen LogP contribution in [0.4, 0.5) is 4.39 Å². The summed E-state index contributed by atoms with van der Waals surface area (Å²) in [4.78, 5) is 37.2. The molecule has 0 aromatic heterocycles. The molecular weight excluding hydrogens is 443 g/mol. The molecule has 1 aliphatic heterocycles. The van der Waals surface area contributed by atoms with Gasteiger partial charge in [0.05, 0.1) is 16.7 Å². The van der Waals surface area contributed by atoms with Gasteiger partial charge in [0.25, 0.3) is 0 Å². The number of rotatable bonds is 7. The molecule has 0 bridgehead atoms. The highest BCUT2D eigenvalue weighted by atomic mass is 19.1. The third-order valence-corrected chi connectivity index (χ3v) is 5.12. The van der Waals surface area contributed by atoms with E-state index in [0.717, 1.165) is 0 Å². The van der Waals surface area contributed by atoms with Crippen LogP contribution in [0.2, 0.25) is 0 Å². The Morgan fingerprint density at radius 2 is 1.12 bits per heavy atom. The SMILES string of the molecule is O=C(OCC1OC(OC(=O)c2ccccc2)C(F)C1OC(=O)c1ccccc1)c1ccccc1. The summed E-state index contributed by atoms with van der Waals surface area (Å²) in [5, 5.41) is 0. The van der Waals surface area contributed by atoms with Gasteiger partial charge in [0, 0.05) is 0 Å². The number of esters is 3. The number of hydrogen-bond acceptors (Lipinski definition) is 7. The van der Waals surface area contributed by atoms with E-state index in [1.165, 1.54) is 24.3 Å². The van der Waals surface area contributed by atoms with E-state index < -0.39 is 49.2 Å². The number of carbonyl (C=O) groups is 3. The van der Waals surface area contributed by atoms with Gasteiger partial charge in [-0.2, -0.15) is 0 Å². The molecule has 4 unspecified atom stereocenters. The van der Waals surface area contributed by atoms with Gasteiger partial charge in [-0.1, -0.05) is 54.6 Å². The standard InChI is InChI=1S/C26H21FO7/c27-21-22(33-24(29)18-12-6-2-7-13-18)20(16-31-23(28)17-10-4-1-5-11-17)32-26(21)34-25(30)19-14-8-3-9-15-19/h1-15,20-22,26H,16H2. The molecule has 1 aliphatic rings. The second kappa shape index (κ2) is 10.7. The Kier molecular flexibility index (Phi) is 7.29. The zero-order valence-corrected chi connectivity index (χ0v) is 17.9. The molecule has 3 aromatic rings. The lowest BCUT2D eigenvalue weighted by atomic mass is 10.1. The summed E-state index contributed by atoms with van der Waals surface area (Å²) in [6.07, 6.45) is -6.31. The first-order valence-corrected chi connectivity index (χ1v) is 10.6. The molecule has 4 atom stereocenters. The molecule has 0 spiro atoms. The number of halogens is 1. The summed E-state index contributed by atoms with van der Waals surface area (Å²) in [5.41, 5.74) is 0.705. The number of carbonyl (C=O) groups excluding carboxylic acids is 3. The minimum atomic E-state index is -2.00. The first-order chi connectivity index (χ1) is 16.5. The van der Waals surface area contributed by atoms with Crippen molar-refractivity contribution in [1.29, 1.82) is 0 Å². The largest absolute Gasteiger partial charge is 0.459 e. The molecule has 0 aliphatic carbocycles. The van der Waals surface area contributed by atoms with Crippen LogP contribution >= 0.6 is 0 Å². The van der Waals surface area contributed by atoms with E-state index in [1.54, 1.807) is 66.7 Å². The van der Waals surface area contributed by atoms with Gasteiger partial charge in [-0.25, -0.2) is 18.8 Å². The summed E-state index contributed by atoms with van der Waals surface area (Å²) in [6.45, 7) is -0.416. The molecule has 7 nitrogen and oxygen atoms in total. The fourth-order valence-electron chi connectivity index (χ4n) is 3.38. The Hall–Kier alpha value is -4.04. The van der Waals surface area contributed by atoms with Crippen molar-refractivity contribution in [3.63, 3.8) is 0 Å². The first kappa shape index (κ1) is 23.1. The van der Waals surface area contributed by atoms with Crippen molar-refractivity contribution in [3.8, 4) is 0 Å². The molecule has 1 fully saturated rings. The molecule has 34 heavy (non-hydrogen) atoms. The van der Waals surface area contributed by atoms with Gasteiger partial charge < -0.3 is 18.9 Å². The van der Waals surface area contributed by atoms with E-state index in [4.69, 9.17) is 18.9 Å². The highest BCUT2D eigenvalue weighted by Crippen LogP contribution is 2.29. The van der Waals surface area contributed by atoms with E-state index in [0.29, 0.717) is 5.56 Å². The molecule has 1 saturated heterocycles. The quantitative estimate of drug-likeness (QED) is 0.386. The van der Waals surface area contributed by atoms with Gasteiger partial charge in [0.15, 0.2) is 6.10 Å². The minimum absolute atomic E-state index is 0.204. The van der Waals surface area contributed by atoms with E-state index >= 15 is 4.39 Å². The summed E-state index contributed by atoms with van der Waals surface area (Å²) < 4.78 is 36.6. The lowest BCUT2D eigenvalue weighted by Crippen LogP contribution is -2.37. The Bertz CT molecular complexity index is 1120. The highest BCUT2D eigenvalue weighted by Gasteiger charge is 2.50. The van der Waals surface area contributed by atoms with Gasteiger partial charge in [0.1, 0.15) is 12.7 Å². The maximum absolute atomic E-state index is 15.3. The van der Waals surface area contributed by atoms with Gasteiger partial charge >= 0.3 is 17.9 Å². The van der Waals surface area contributed by atoms with Crippen molar-refractivity contribution in [2.45, 2.75) is 24.7 Å². The van der Waals surface area contributed by atoms with Crippen LogP contribution in [0.1, 0.15) is 31.1 Å². The predicted molar refractivity (Wildman–Crippen MR) is 118 cm³/mol. The average molecular weight is 464 g/mol. The molecule has 3 aromatic carbocycles. The lowest BCUT2D eigenvalue weighted by Gasteiger charge is -2.19. The maximum atomic E-state index is 15.3. The van der Waals surface area contributed by atoms with Crippen LogP contribution in [-0.2, 0) is 18.9 Å². The molecule has 1 heterocycles. The molecular formula is C26H21FO7. The van der Waals surface area contributed by atoms with Gasteiger partial charge in [-0.3, -0.25) is 0 Å². The van der Waals surface area contributed by atoms with Crippen molar-refractivity contribution < 1.29 is 37.7 Å². The average Bonchev–Trinajstić information content (AvgIpc) is 3.17. The second-order valence-corrected chi connectivity index (χ2v) is 7.46.